The first-order valence-corrected chi connectivity index (χ1v) is 4.15. The molecule has 4 aliphatic carbocycles. The quantitative estimate of drug-likeness (QED) is 0.497. The van der Waals surface area contributed by atoms with Crippen molar-refractivity contribution in [3.05, 3.63) is 0 Å². The molecular formula is C8H12O2. The normalized spacial score (nSPS) is 70.2. The van der Waals surface area contributed by atoms with Crippen molar-refractivity contribution < 1.29 is 10.2 Å². The van der Waals surface area contributed by atoms with Gasteiger partial charge >= 0.3 is 0 Å². The molecule has 0 aromatic carbocycles. The molecule has 0 amide bonds. The first-order chi connectivity index (χ1) is 4.79. The minimum atomic E-state index is -0.154. The lowest BCUT2D eigenvalue weighted by Crippen LogP contribution is -2.21. The first kappa shape index (κ1) is 5.56. The monoisotopic (exact) mass is 140 g/mol. The second kappa shape index (κ2) is 1.41. The van der Waals surface area contributed by atoms with Gasteiger partial charge in [-0.2, -0.15) is 0 Å². The van der Waals surface area contributed by atoms with Crippen molar-refractivity contribution in [2.75, 3.05) is 0 Å². The predicted molar refractivity (Wildman–Crippen MR) is 35.2 cm³/mol. The van der Waals surface area contributed by atoms with E-state index in [0.717, 1.165) is 0 Å². The summed E-state index contributed by atoms with van der Waals surface area (Å²) in [4.78, 5) is 0. The SMILES string of the molecule is O[C@@H]1C2C3C[C@H]([C@@H]1C3)[C@H]2O. The second-order valence-corrected chi connectivity index (χ2v) is 4.12. The van der Waals surface area contributed by atoms with Crippen molar-refractivity contribution in [3.8, 4) is 0 Å². The maximum Gasteiger partial charge on any atom is 0.0627 e. The smallest absolute Gasteiger partial charge is 0.0627 e. The molecule has 0 saturated heterocycles. The van der Waals surface area contributed by atoms with E-state index in [1.54, 1.807) is 0 Å². The minimum Gasteiger partial charge on any atom is -0.392 e. The molecule has 0 spiro atoms. The Kier molecular flexibility index (Phi) is 0.783. The van der Waals surface area contributed by atoms with Gasteiger partial charge < -0.3 is 10.2 Å². The molecule has 10 heavy (non-hydrogen) atoms. The van der Waals surface area contributed by atoms with E-state index in [9.17, 15) is 10.2 Å². The Morgan fingerprint density at radius 2 is 1.40 bits per heavy atom. The summed E-state index contributed by atoms with van der Waals surface area (Å²) in [6, 6.07) is 0. The van der Waals surface area contributed by atoms with Crippen LogP contribution < -0.4 is 0 Å². The van der Waals surface area contributed by atoms with E-state index in [4.69, 9.17) is 0 Å². The van der Waals surface area contributed by atoms with E-state index in [2.05, 4.69) is 0 Å². The summed E-state index contributed by atoms with van der Waals surface area (Å²) < 4.78 is 0. The third-order valence-electron chi connectivity index (χ3n) is 3.91. The van der Waals surface area contributed by atoms with E-state index in [1.165, 1.54) is 12.8 Å². The molecule has 2 unspecified atom stereocenters. The van der Waals surface area contributed by atoms with Gasteiger partial charge in [0.05, 0.1) is 12.2 Å². The van der Waals surface area contributed by atoms with Gasteiger partial charge in [-0.3, -0.25) is 0 Å². The fraction of sp³-hybridized carbons (Fsp3) is 1.00. The van der Waals surface area contributed by atoms with E-state index < -0.39 is 0 Å². The Hall–Kier alpha value is -0.0800. The Labute approximate surface area is 59.9 Å². The summed E-state index contributed by atoms with van der Waals surface area (Å²) in [5.41, 5.74) is 0. The summed E-state index contributed by atoms with van der Waals surface area (Å²) in [6.07, 6.45) is 2.07. The van der Waals surface area contributed by atoms with E-state index >= 15 is 0 Å². The predicted octanol–water partition coefficient (Wildman–Crippen LogP) is -0.00600. The number of hydrogen-bond donors (Lipinski definition) is 2. The molecule has 2 nitrogen and oxygen atoms in total. The third kappa shape index (κ3) is 0.372. The van der Waals surface area contributed by atoms with Gasteiger partial charge in [-0.05, 0) is 30.6 Å². The molecule has 4 aliphatic rings. The van der Waals surface area contributed by atoms with Crippen molar-refractivity contribution >= 4 is 0 Å². The van der Waals surface area contributed by atoms with Gasteiger partial charge in [-0.1, -0.05) is 0 Å². The summed E-state index contributed by atoms with van der Waals surface area (Å²) >= 11 is 0. The highest BCUT2D eigenvalue weighted by molar-refractivity contribution is 5.13. The molecule has 6 atom stereocenters. The highest BCUT2D eigenvalue weighted by atomic mass is 16.3. The number of rotatable bonds is 0. The maximum absolute atomic E-state index is 9.54. The van der Waals surface area contributed by atoms with Crippen LogP contribution in [-0.4, -0.2) is 22.4 Å². The fourth-order valence-electron chi connectivity index (χ4n) is 3.58. The van der Waals surface area contributed by atoms with Crippen molar-refractivity contribution in [2.45, 2.75) is 25.0 Å². The van der Waals surface area contributed by atoms with Crippen LogP contribution in [0.1, 0.15) is 12.8 Å². The van der Waals surface area contributed by atoms with Crippen LogP contribution in [0.4, 0.5) is 0 Å². The lowest BCUT2D eigenvalue weighted by molar-refractivity contribution is 0.0680. The van der Waals surface area contributed by atoms with Gasteiger partial charge in [-0.25, -0.2) is 0 Å². The maximum atomic E-state index is 9.54. The zero-order valence-corrected chi connectivity index (χ0v) is 5.77. The highest BCUT2D eigenvalue weighted by Crippen LogP contribution is 2.62. The fourth-order valence-corrected chi connectivity index (χ4v) is 3.58. The van der Waals surface area contributed by atoms with Gasteiger partial charge in [0.2, 0.25) is 0 Å². The van der Waals surface area contributed by atoms with Crippen molar-refractivity contribution in [1.29, 1.82) is 0 Å². The number of hydrogen-bond acceptors (Lipinski definition) is 2. The molecule has 0 aliphatic heterocycles. The van der Waals surface area contributed by atoms with Crippen LogP contribution in [0, 0.1) is 23.7 Å². The number of aliphatic hydroxyl groups is 2. The molecule has 4 saturated carbocycles. The van der Waals surface area contributed by atoms with Crippen LogP contribution in [0.25, 0.3) is 0 Å². The van der Waals surface area contributed by atoms with Gasteiger partial charge in [0.15, 0.2) is 0 Å². The molecule has 2 heteroatoms. The zero-order chi connectivity index (χ0) is 6.88. The molecule has 2 N–H and O–H groups in total. The molecule has 4 rings (SSSR count). The van der Waals surface area contributed by atoms with Crippen molar-refractivity contribution in [2.24, 2.45) is 23.7 Å². The van der Waals surface area contributed by atoms with Crippen LogP contribution in [0.3, 0.4) is 0 Å². The highest BCUT2D eigenvalue weighted by Gasteiger charge is 2.64. The summed E-state index contributed by atoms with van der Waals surface area (Å²) in [5, 5.41) is 19.1. The summed E-state index contributed by atoms with van der Waals surface area (Å²) in [5.74, 6) is 1.85. The van der Waals surface area contributed by atoms with Gasteiger partial charge in [0.1, 0.15) is 0 Å². The number of aliphatic hydroxyl groups excluding tert-OH is 2. The average Bonchev–Trinajstić information content (AvgIpc) is 2.51. The van der Waals surface area contributed by atoms with Crippen molar-refractivity contribution in [1.82, 2.24) is 0 Å². The first-order valence-electron chi connectivity index (χ1n) is 4.15. The molecular weight excluding hydrogens is 128 g/mol. The molecule has 4 bridgehead atoms. The summed E-state index contributed by atoms with van der Waals surface area (Å²) in [7, 11) is 0. The van der Waals surface area contributed by atoms with Gasteiger partial charge in [0.25, 0.3) is 0 Å². The average molecular weight is 140 g/mol. The standard InChI is InChI=1S/C8H12O2/c9-7-4-1-3-2-5(4)8(10)6(3)7/h3-10H,1-2H2/t3?,4-,5+,6?,7-,8+. The van der Waals surface area contributed by atoms with Crippen molar-refractivity contribution in [3.63, 3.8) is 0 Å². The van der Waals surface area contributed by atoms with Crippen LogP contribution in [0.5, 0.6) is 0 Å². The molecule has 4 fully saturated rings. The molecule has 0 aromatic rings. The lowest BCUT2D eigenvalue weighted by atomic mass is 9.98. The van der Waals surface area contributed by atoms with Gasteiger partial charge in [-0.15, -0.1) is 0 Å². The molecule has 56 valence electrons. The largest absolute Gasteiger partial charge is 0.392 e. The van der Waals surface area contributed by atoms with Crippen LogP contribution in [0.15, 0.2) is 0 Å². The van der Waals surface area contributed by atoms with E-state index in [-0.39, 0.29) is 18.1 Å². The Bertz CT molecular complexity index is 159. The van der Waals surface area contributed by atoms with E-state index in [0.29, 0.717) is 17.8 Å². The minimum absolute atomic E-state index is 0.154. The lowest BCUT2D eigenvalue weighted by Gasteiger charge is -2.13. The van der Waals surface area contributed by atoms with Gasteiger partial charge in [0, 0.05) is 5.92 Å². The Morgan fingerprint density at radius 1 is 0.900 bits per heavy atom. The molecule has 0 radical (unpaired) electrons. The topological polar surface area (TPSA) is 40.5 Å². The second-order valence-electron chi connectivity index (χ2n) is 4.12. The Balaban J connectivity index is 2.07. The van der Waals surface area contributed by atoms with Crippen LogP contribution >= 0.6 is 0 Å². The zero-order valence-electron chi connectivity index (χ0n) is 5.77. The summed E-state index contributed by atoms with van der Waals surface area (Å²) in [6.45, 7) is 0. The van der Waals surface area contributed by atoms with E-state index in [1.807, 2.05) is 0 Å². The molecule has 0 aromatic heterocycles. The van der Waals surface area contributed by atoms with Crippen LogP contribution in [0.2, 0.25) is 0 Å². The third-order valence-corrected chi connectivity index (χ3v) is 3.91. The molecule has 0 heterocycles. The van der Waals surface area contributed by atoms with Crippen LogP contribution in [-0.2, 0) is 0 Å². The Morgan fingerprint density at radius 3 is 1.60 bits per heavy atom.